The zero-order chi connectivity index (χ0) is 15.3. The maximum atomic E-state index is 12.0. The van der Waals surface area contributed by atoms with E-state index in [1.807, 2.05) is 38.1 Å². The number of ether oxygens (including phenoxy) is 1. The van der Waals surface area contributed by atoms with Gasteiger partial charge in [0.05, 0.1) is 25.3 Å². The molecule has 0 saturated carbocycles. The minimum absolute atomic E-state index is 0.0675. The third kappa shape index (κ3) is 3.85. The fourth-order valence-corrected chi connectivity index (χ4v) is 2.62. The second-order valence-electron chi connectivity index (χ2n) is 5.47. The van der Waals surface area contributed by atoms with Gasteiger partial charge in [-0.1, -0.05) is 31.5 Å². The lowest BCUT2D eigenvalue weighted by Crippen LogP contribution is -2.63. The summed E-state index contributed by atoms with van der Waals surface area (Å²) < 4.78 is 5.52. The number of likely N-dealkylation sites (tertiary alicyclic amines) is 1. The van der Waals surface area contributed by atoms with Crippen LogP contribution in [0.5, 0.6) is 5.75 Å². The molecule has 0 unspecified atom stereocenters. The standard InChI is InChI=1S/C17H23NO3/c1-3-11-17(20)12-18(13-17)16(19)10-9-14-7-5-6-8-15(14)21-4-2/h5-10,20H,3-4,11-13H2,1-2H3. The van der Waals surface area contributed by atoms with Crippen LogP contribution in [0, 0.1) is 0 Å². The molecule has 0 spiro atoms. The van der Waals surface area contributed by atoms with E-state index < -0.39 is 5.60 Å². The highest BCUT2D eigenvalue weighted by atomic mass is 16.5. The first-order valence-corrected chi connectivity index (χ1v) is 7.49. The van der Waals surface area contributed by atoms with Gasteiger partial charge in [-0.05, 0) is 25.5 Å². The molecule has 4 nitrogen and oxygen atoms in total. The smallest absolute Gasteiger partial charge is 0.246 e. The van der Waals surface area contributed by atoms with Crippen molar-refractivity contribution in [3.05, 3.63) is 35.9 Å². The Morgan fingerprint density at radius 2 is 2.10 bits per heavy atom. The third-order valence-corrected chi connectivity index (χ3v) is 3.62. The van der Waals surface area contributed by atoms with E-state index in [0.717, 1.165) is 24.2 Å². The van der Waals surface area contributed by atoms with Crippen LogP contribution in [0.25, 0.3) is 6.08 Å². The summed E-state index contributed by atoms with van der Waals surface area (Å²) in [5.74, 6) is 0.706. The second kappa shape index (κ2) is 6.76. The van der Waals surface area contributed by atoms with Gasteiger partial charge in [0.1, 0.15) is 5.75 Å². The largest absolute Gasteiger partial charge is 0.493 e. The van der Waals surface area contributed by atoms with Crippen molar-refractivity contribution in [2.75, 3.05) is 19.7 Å². The van der Waals surface area contributed by atoms with Crippen molar-refractivity contribution in [3.8, 4) is 5.75 Å². The molecule has 1 N–H and O–H groups in total. The summed E-state index contributed by atoms with van der Waals surface area (Å²) in [6, 6.07) is 7.62. The van der Waals surface area contributed by atoms with E-state index in [1.165, 1.54) is 0 Å². The molecule has 114 valence electrons. The minimum Gasteiger partial charge on any atom is -0.493 e. The molecule has 1 aromatic carbocycles. The number of carbonyl (C=O) groups excluding carboxylic acids is 1. The Kier molecular flexibility index (Phi) is 5.02. The van der Waals surface area contributed by atoms with Crippen molar-refractivity contribution in [1.29, 1.82) is 0 Å². The maximum absolute atomic E-state index is 12.0. The number of hydrogen-bond donors (Lipinski definition) is 1. The van der Waals surface area contributed by atoms with Crippen LogP contribution in [0.15, 0.2) is 30.3 Å². The van der Waals surface area contributed by atoms with Gasteiger partial charge in [0.2, 0.25) is 5.91 Å². The van der Waals surface area contributed by atoms with Crippen molar-refractivity contribution in [3.63, 3.8) is 0 Å². The highest BCUT2D eigenvalue weighted by Crippen LogP contribution is 2.26. The lowest BCUT2D eigenvalue weighted by atomic mass is 9.89. The Hall–Kier alpha value is -1.81. The first-order chi connectivity index (χ1) is 10.1. The van der Waals surface area contributed by atoms with E-state index in [-0.39, 0.29) is 5.91 Å². The lowest BCUT2D eigenvalue weighted by molar-refractivity contribution is -0.151. The summed E-state index contributed by atoms with van der Waals surface area (Å²) >= 11 is 0. The molecule has 1 amide bonds. The molecule has 1 aliphatic heterocycles. The second-order valence-corrected chi connectivity index (χ2v) is 5.47. The van der Waals surface area contributed by atoms with Gasteiger partial charge < -0.3 is 14.7 Å². The fraction of sp³-hybridized carbons (Fsp3) is 0.471. The number of nitrogens with zero attached hydrogens (tertiary/aromatic N) is 1. The number of amides is 1. The van der Waals surface area contributed by atoms with E-state index in [9.17, 15) is 9.90 Å². The molecule has 1 aliphatic rings. The van der Waals surface area contributed by atoms with Gasteiger partial charge in [0.15, 0.2) is 0 Å². The van der Waals surface area contributed by atoms with Crippen LogP contribution in [0.4, 0.5) is 0 Å². The molecule has 4 heteroatoms. The number of hydrogen-bond acceptors (Lipinski definition) is 3. The molecule has 1 aromatic rings. The van der Waals surface area contributed by atoms with Crippen LogP contribution >= 0.6 is 0 Å². The molecule has 0 aliphatic carbocycles. The van der Waals surface area contributed by atoms with Crippen LogP contribution in [0.1, 0.15) is 32.3 Å². The Morgan fingerprint density at radius 3 is 2.76 bits per heavy atom. The Balaban J connectivity index is 1.95. The van der Waals surface area contributed by atoms with Gasteiger partial charge in [-0.2, -0.15) is 0 Å². The van der Waals surface area contributed by atoms with Crippen LogP contribution in [0.3, 0.4) is 0 Å². The van der Waals surface area contributed by atoms with Crippen molar-refractivity contribution in [2.24, 2.45) is 0 Å². The summed E-state index contributed by atoms with van der Waals surface area (Å²) in [5, 5.41) is 10.1. The van der Waals surface area contributed by atoms with Crippen molar-refractivity contribution >= 4 is 12.0 Å². The predicted octanol–water partition coefficient (Wildman–Crippen LogP) is 2.47. The fourth-order valence-electron chi connectivity index (χ4n) is 2.62. The van der Waals surface area contributed by atoms with Gasteiger partial charge in [-0.25, -0.2) is 0 Å². The van der Waals surface area contributed by atoms with Crippen molar-refractivity contribution in [2.45, 2.75) is 32.3 Å². The van der Waals surface area contributed by atoms with Crippen LogP contribution < -0.4 is 4.74 Å². The quantitative estimate of drug-likeness (QED) is 0.819. The third-order valence-electron chi connectivity index (χ3n) is 3.62. The summed E-state index contributed by atoms with van der Waals surface area (Å²) in [6.45, 7) is 5.41. The Labute approximate surface area is 126 Å². The van der Waals surface area contributed by atoms with Gasteiger partial charge in [0.25, 0.3) is 0 Å². The molecule has 1 fully saturated rings. The summed E-state index contributed by atoms with van der Waals surface area (Å²) in [5.41, 5.74) is 0.207. The molecular weight excluding hydrogens is 266 g/mol. The number of benzene rings is 1. The van der Waals surface area contributed by atoms with E-state index >= 15 is 0 Å². The molecule has 0 aromatic heterocycles. The van der Waals surface area contributed by atoms with Gasteiger partial charge in [0, 0.05) is 11.6 Å². The number of para-hydroxylation sites is 1. The molecule has 1 heterocycles. The van der Waals surface area contributed by atoms with Crippen LogP contribution in [-0.4, -0.2) is 41.2 Å². The van der Waals surface area contributed by atoms with Crippen LogP contribution in [0.2, 0.25) is 0 Å². The van der Waals surface area contributed by atoms with Gasteiger partial charge >= 0.3 is 0 Å². The first-order valence-electron chi connectivity index (χ1n) is 7.49. The maximum Gasteiger partial charge on any atom is 0.246 e. The minimum atomic E-state index is -0.679. The molecule has 21 heavy (non-hydrogen) atoms. The topological polar surface area (TPSA) is 49.8 Å². The van der Waals surface area contributed by atoms with E-state index in [4.69, 9.17) is 4.74 Å². The summed E-state index contributed by atoms with van der Waals surface area (Å²) in [6.07, 6.45) is 4.98. The van der Waals surface area contributed by atoms with E-state index in [2.05, 4.69) is 0 Å². The normalized spacial score (nSPS) is 16.8. The zero-order valence-electron chi connectivity index (χ0n) is 12.7. The van der Waals surface area contributed by atoms with Crippen molar-refractivity contribution in [1.82, 2.24) is 4.90 Å². The monoisotopic (exact) mass is 289 g/mol. The zero-order valence-corrected chi connectivity index (χ0v) is 12.7. The molecule has 1 saturated heterocycles. The number of carbonyl (C=O) groups is 1. The summed E-state index contributed by atoms with van der Waals surface area (Å²) in [7, 11) is 0. The average molecular weight is 289 g/mol. The molecular formula is C17H23NO3. The number of β-amino-alcohol motifs (C(OH)–C–C–N with tert-alkyl or cyclic N) is 1. The number of rotatable bonds is 6. The predicted molar refractivity (Wildman–Crippen MR) is 83.1 cm³/mol. The van der Waals surface area contributed by atoms with Crippen LogP contribution in [-0.2, 0) is 4.79 Å². The van der Waals surface area contributed by atoms with Gasteiger partial charge in [-0.3, -0.25) is 4.79 Å². The van der Waals surface area contributed by atoms with Crippen molar-refractivity contribution < 1.29 is 14.6 Å². The Bertz CT molecular complexity index is 519. The van der Waals surface area contributed by atoms with E-state index in [0.29, 0.717) is 19.7 Å². The first kappa shape index (κ1) is 15.6. The Morgan fingerprint density at radius 1 is 1.38 bits per heavy atom. The lowest BCUT2D eigenvalue weighted by Gasteiger charge is -2.46. The van der Waals surface area contributed by atoms with Gasteiger partial charge in [-0.15, -0.1) is 0 Å². The van der Waals surface area contributed by atoms with E-state index in [1.54, 1.807) is 17.1 Å². The SMILES string of the molecule is CCCC1(O)CN(C(=O)C=Cc2ccccc2OCC)C1. The average Bonchev–Trinajstić information content (AvgIpc) is 2.44. The molecule has 0 radical (unpaired) electrons. The number of aliphatic hydroxyl groups is 1. The molecule has 2 rings (SSSR count). The summed E-state index contributed by atoms with van der Waals surface area (Å²) in [4.78, 5) is 13.7. The highest BCUT2D eigenvalue weighted by molar-refractivity contribution is 5.92. The molecule has 0 atom stereocenters. The molecule has 0 bridgehead atoms. The highest BCUT2D eigenvalue weighted by Gasteiger charge is 2.41.